The quantitative estimate of drug-likeness (QED) is 0.841. The molecule has 3 heteroatoms. The van der Waals surface area contributed by atoms with Gasteiger partial charge >= 0.3 is 0 Å². The highest BCUT2D eigenvalue weighted by atomic mass is 19.1. The van der Waals surface area contributed by atoms with Crippen molar-refractivity contribution in [3.8, 4) is 0 Å². The molecular weight excluding hydrogens is 203 g/mol. The van der Waals surface area contributed by atoms with Crippen molar-refractivity contribution in [2.24, 2.45) is 0 Å². The number of hydrogen-bond donors (Lipinski definition) is 1. The van der Waals surface area contributed by atoms with Crippen LogP contribution in [-0.2, 0) is 0 Å². The van der Waals surface area contributed by atoms with Crippen molar-refractivity contribution in [2.45, 2.75) is 25.8 Å². The van der Waals surface area contributed by atoms with Crippen molar-refractivity contribution in [3.05, 3.63) is 30.1 Å². The molecule has 1 aromatic carbocycles. The van der Waals surface area contributed by atoms with Crippen LogP contribution in [0, 0.1) is 5.82 Å². The van der Waals surface area contributed by atoms with Gasteiger partial charge in [-0.3, -0.25) is 0 Å². The highest BCUT2D eigenvalue weighted by Crippen LogP contribution is 2.19. The number of benzene rings is 1. The first-order valence-corrected chi connectivity index (χ1v) is 6.04. The van der Waals surface area contributed by atoms with Crippen LogP contribution in [0.2, 0.25) is 0 Å². The van der Waals surface area contributed by atoms with Crippen molar-refractivity contribution in [2.75, 3.05) is 24.5 Å². The third-order valence-electron chi connectivity index (χ3n) is 3.18. The predicted octanol–water partition coefficient (Wildman–Crippen LogP) is 2.40. The van der Waals surface area contributed by atoms with Gasteiger partial charge in [-0.2, -0.15) is 0 Å². The summed E-state index contributed by atoms with van der Waals surface area (Å²) in [6.45, 7) is 4.91. The van der Waals surface area contributed by atoms with Gasteiger partial charge in [0.2, 0.25) is 0 Å². The minimum Gasteiger partial charge on any atom is -0.368 e. The molecule has 1 N–H and O–H groups in total. The van der Waals surface area contributed by atoms with E-state index in [1.54, 1.807) is 6.07 Å². The zero-order valence-corrected chi connectivity index (χ0v) is 9.75. The van der Waals surface area contributed by atoms with E-state index < -0.39 is 0 Å². The molecule has 1 atom stereocenters. The number of halogens is 1. The van der Waals surface area contributed by atoms with Gasteiger partial charge in [-0.25, -0.2) is 4.39 Å². The fourth-order valence-electron chi connectivity index (χ4n) is 2.28. The van der Waals surface area contributed by atoms with Gasteiger partial charge < -0.3 is 10.2 Å². The summed E-state index contributed by atoms with van der Waals surface area (Å²) in [4.78, 5) is 2.11. The standard InChI is InChI=1S/C13H19FN2/c1-2-16(10-11-6-5-9-15-11)13-8-4-3-7-12(13)14/h3-4,7-8,11,15H,2,5-6,9-10H2,1H3/t11-/m1/s1. The Labute approximate surface area is 96.5 Å². The maximum Gasteiger partial charge on any atom is 0.146 e. The second-order valence-electron chi connectivity index (χ2n) is 4.28. The first-order chi connectivity index (χ1) is 7.81. The van der Waals surface area contributed by atoms with Crippen LogP contribution >= 0.6 is 0 Å². The molecule has 2 rings (SSSR count). The van der Waals surface area contributed by atoms with Crippen LogP contribution in [0.1, 0.15) is 19.8 Å². The average Bonchev–Trinajstić information content (AvgIpc) is 2.80. The highest BCUT2D eigenvalue weighted by Gasteiger charge is 2.18. The summed E-state index contributed by atoms with van der Waals surface area (Å²) in [5.41, 5.74) is 0.721. The van der Waals surface area contributed by atoms with Crippen molar-refractivity contribution in [1.82, 2.24) is 5.32 Å². The number of para-hydroxylation sites is 1. The normalized spacial score (nSPS) is 20.0. The predicted molar refractivity (Wildman–Crippen MR) is 65.3 cm³/mol. The van der Waals surface area contributed by atoms with Crippen LogP contribution in [0.4, 0.5) is 10.1 Å². The Morgan fingerprint density at radius 1 is 1.44 bits per heavy atom. The average molecular weight is 222 g/mol. The smallest absolute Gasteiger partial charge is 0.146 e. The lowest BCUT2D eigenvalue weighted by Crippen LogP contribution is -2.37. The molecule has 1 aliphatic rings. The molecule has 1 aliphatic heterocycles. The van der Waals surface area contributed by atoms with Crippen LogP contribution in [0.3, 0.4) is 0 Å². The number of nitrogens with one attached hydrogen (secondary N) is 1. The molecular formula is C13H19FN2. The van der Waals surface area contributed by atoms with E-state index in [-0.39, 0.29) is 5.82 Å². The molecule has 2 nitrogen and oxygen atoms in total. The molecule has 0 aliphatic carbocycles. The molecule has 1 aromatic rings. The van der Waals surface area contributed by atoms with Gasteiger partial charge in [0.15, 0.2) is 0 Å². The van der Waals surface area contributed by atoms with E-state index in [9.17, 15) is 4.39 Å². The number of rotatable bonds is 4. The summed E-state index contributed by atoms with van der Waals surface area (Å²) >= 11 is 0. The number of likely N-dealkylation sites (N-methyl/N-ethyl adjacent to an activating group) is 1. The Morgan fingerprint density at radius 3 is 2.88 bits per heavy atom. The fraction of sp³-hybridized carbons (Fsp3) is 0.538. The van der Waals surface area contributed by atoms with Crippen LogP contribution < -0.4 is 10.2 Å². The Bertz CT molecular complexity index is 334. The van der Waals surface area contributed by atoms with Crippen molar-refractivity contribution >= 4 is 5.69 Å². The molecule has 1 saturated heterocycles. The SMILES string of the molecule is CCN(C[C@H]1CCCN1)c1ccccc1F. The van der Waals surface area contributed by atoms with Gasteiger partial charge in [0.1, 0.15) is 5.82 Å². The fourth-order valence-corrected chi connectivity index (χ4v) is 2.28. The minimum atomic E-state index is -0.123. The summed E-state index contributed by atoms with van der Waals surface area (Å²) in [5.74, 6) is -0.123. The second-order valence-corrected chi connectivity index (χ2v) is 4.28. The molecule has 1 heterocycles. The Hall–Kier alpha value is -1.09. The van der Waals surface area contributed by atoms with Crippen LogP contribution in [0.25, 0.3) is 0 Å². The summed E-state index contributed by atoms with van der Waals surface area (Å²) in [7, 11) is 0. The molecule has 0 bridgehead atoms. The summed E-state index contributed by atoms with van der Waals surface area (Å²) in [5, 5.41) is 3.45. The molecule has 88 valence electrons. The summed E-state index contributed by atoms with van der Waals surface area (Å²) < 4.78 is 13.6. The first kappa shape index (κ1) is 11.4. The Morgan fingerprint density at radius 2 is 2.25 bits per heavy atom. The number of nitrogens with zero attached hydrogens (tertiary/aromatic N) is 1. The second kappa shape index (κ2) is 5.30. The van der Waals surface area contributed by atoms with E-state index in [4.69, 9.17) is 0 Å². The summed E-state index contributed by atoms with van der Waals surface area (Å²) in [6.07, 6.45) is 2.43. The van der Waals surface area contributed by atoms with E-state index in [2.05, 4.69) is 17.1 Å². The van der Waals surface area contributed by atoms with Crippen LogP contribution in [0.15, 0.2) is 24.3 Å². The van der Waals surface area contributed by atoms with Gasteiger partial charge in [0.25, 0.3) is 0 Å². The molecule has 0 radical (unpaired) electrons. The topological polar surface area (TPSA) is 15.3 Å². The monoisotopic (exact) mass is 222 g/mol. The van der Waals surface area contributed by atoms with Crippen molar-refractivity contribution in [3.63, 3.8) is 0 Å². The molecule has 1 fully saturated rings. The van der Waals surface area contributed by atoms with E-state index in [0.717, 1.165) is 25.3 Å². The minimum absolute atomic E-state index is 0.123. The Balaban J connectivity index is 2.06. The number of hydrogen-bond acceptors (Lipinski definition) is 2. The van der Waals surface area contributed by atoms with E-state index >= 15 is 0 Å². The first-order valence-electron chi connectivity index (χ1n) is 6.04. The van der Waals surface area contributed by atoms with Gasteiger partial charge in [-0.1, -0.05) is 12.1 Å². The third kappa shape index (κ3) is 2.53. The van der Waals surface area contributed by atoms with Crippen LogP contribution in [0.5, 0.6) is 0 Å². The Kier molecular flexibility index (Phi) is 3.78. The molecule has 0 amide bonds. The molecule has 0 aromatic heterocycles. The molecule has 0 unspecified atom stereocenters. The highest BCUT2D eigenvalue weighted by molar-refractivity contribution is 5.47. The maximum absolute atomic E-state index is 13.6. The molecule has 16 heavy (non-hydrogen) atoms. The lowest BCUT2D eigenvalue weighted by Gasteiger charge is -2.26. The van der Waals surface area contributed by atoms with Gasteiger partial charge in [-0.05, 0) is 38.4 Å². The largest absolute Gasteiger partial charge is 0.368 e. The van der Waals surface area contributed by atoms with E-state index in [1.165, 1.54) is 18.9 Å². The van der Waals surface area contributed by atoms with E-state index in [0.29, 0.717) is 6.04 Å². The van der Waals surface area contributed by atoms with E-state index in [1.807, 2.05) is 12.1 Å². The van der Waals surface area contributed by atoms with Crippen molar-refractivity contribution < 1.29 is 4.39 Å². The molecule has 0 spiro atoms. The van der Waals surface area contributed by atoms with Crippen molar-refractivity contribution in [1.29, 1.82) is 0 Å². The van der Waals surface area contributed by atoms with Crippen LogP contribution in [-0.4, -0.2) is 25.7 Å². The van der Waals surface area contributed by atoms with Gasteiger partial charge in [0, 0.05) is 19.1 Å². The molecule has 0 saturated carbocycles. The summed E-state index contributed by atoms with van der Waals surface area (Å²) in [6, 6.07) is 7.52. The maximum atomic E-state index is 13.6. The zero-order valence-electron chi connectivity index (χ0n) is 9.75. The third-order valence-corrected chi connectivity index (χ3v) is 3.18. The number of anilines is 1. The zero-order chi connectivity index (χ0) is 11.4. The lowest BCUT2D eigenvalue weighted by molar-refractivity contribution is 0.570. The lowest BCUT2D eigenvalue weighted by atomic mass is 10.2. The van der Waals surface area contributed by atoms with Gasteiger partial charge in [0.05, 0.1) is 5.69 Å². The van der Waals surface area contributed by atoms with Gasteiger partial charge in [-0.15, -0.1) is 0 Å².